The molecule has 134 valence electrons. The molecule has 0 saturated heterocycles. The summed E-state index contributed by atoms with van der Waals surface area (Å²) in [6.45, 7) is 1.90. The molecular weight excluding hydrogens is 340 g/mol. The molecule has 1 amide bonds. The predicted molar refractivity (Wildman–Crippen MR) is 88.6 cm³/mol. The normalized spacial score (nSPS) is 27.6. The summed E-state index contributed by atoms with van der Waals surface area (Å²) in [5.41, 5.74) is 1.03. The van der Waals surface area contributed by atoms with Crippen LogP contribution in [0.4, 0.5) is 8.78 Å². The number of imidazole rings is 1. The van der Waals surface area contributed by atoms with E-state index in [-0.39, 0.29) is 18.1 Å². The number of H-pyrrole nitrogens is 1. The van der Waals surface area contributed by atoms with Gasteiger partial charge in [-0.1, -0.05) is 0 Å². The summed E-state index contributed by atoms with van der Waals surface area (Å²) in [4.78, 5) is 22.0. The number of pyridine rings is 1. The van der Waals surface area contributed by atoms with Crippen LogP contribution in [0.2, 0.25) is 0 Å². The molecule has 8 heteroatoms. The lowest BCUT2D eigenvalue weighted by molar-refractivity contribution is -0.135. The quantitative estimate of drug-likeness (QED) is 0.766. The maximum Gasteiger partial charge on any atom is 0.229 e. The van der Waals surface area contributed by atoms with Gasteiger partial charge in [-0.05, 0) is 31.5 Å². The molecule has 0 radical (unpaired) electrons. The van der Waals surface area contributed by atoms with E-state index in [1.165, 1.54) is 17.5 Å². The monoisotopic (exact) mass is 357 g/mol. The summed E-state index contributed by atoms with van der Waals surface area (Å²) in [7, 11) is 0. The smallest absolute Gasteiger partial charge is 0.229 e. The van der Waals surface area contributed by atoms with Crippen LogP contribution in [0.5, 0.6) is 0 Å². The maximum absolute atomic E-state index is 14.1. The Morgan fingerprint density at radius 3 is 3.00 bits per heavy atom. The Balaban J connectivity index is 1.61. The molecule has 1 saturated carbocycles. The maximum atomic E-state index is 14.1. The van der Waals surface area contributed by atoms with Gasteiger partial charge in [0.15, 0.2) is 0 Å². The Bertz CT molecular complexity index is 1020. The summed E-state index contributed by atoms with van der Waals surface area (Å²) in [6.07, 6.45) is 4.09. The summed E-state index contributed by atoms with van der Waals surface area (Å²) in [6, 6.07) is 4.02. The van der Waals surface area contributed by atoms with Gasteiger partial charge in [-0.25, -0.2) is 18.3 Å². The Hall–Kier alpha value is -2.77. The molecule has 1 aliphatic carbocycles. The van der Waals surface area contributed by atoms with Gasteiger partial charge in [-0.2, -0.15) is 5.10 Å². The third-order valence-electron chi connectivity index (χ3n) is 5.43. The van der Waals surface area contributed by atoms with Gasteiger partial charge in [-0.15, -0.1) is 0 Å². The highest BCUT2D eigenvalue weighted by Crippen LogP contribution is 2.49. The van der Waals surface area contributed by atoms with Gasteiger partial charge in [0.25, 0.3) is 0 Å². The van der Waals surface area contributed by atoms with Gasteiger partial charge in [0.05, 0.1) is 23.6 Å². The molecule has 2 aliphatic rings. The zero-order chi connectivity index (χ0) is 18.1. The van der Waals surface area contributed by atoms with Crippen LogP contribution in [0.25, 0.3) is 5.52 Å². The van der Waals surface area contributed by atoms with Crippen molar-refractivity contribution in [2.75, 3.05) is 6.54 Å². The average Bonchev–Trinajstić information content (AvgIpc) is 2.99. The lowest BCUT2D eigenvalue weighted by Crippen LogP contribution is -2.42. The molecule has 6 nitrogen and oxygen atoms in total. The van der Waals surface area contributed by atoms with Gasteiger partial charge in [-0.3, -0.25) is 4.79 Å². The van der Waals surface area contributed by atoms with E-state index >= 15 is 0 Å². The Kier molecular flexibility index (Phi) is 3.05. The van der Waals surface area contributed by atoms with Crippen molar-refractivity contribution < 1.29 is 13.6 Å². The fraction of sp³-hybridized carbons (Fsp3) is 0.389. The molecule has 1 aliphatic heterocycles. The van der Waals surface area contributed by atoms with Crippen LogP contribution in [0.15, 0.2) is 30.7 Å². The molecule has 1 fully saturated rings. The first-order valence-corrected chi connectivity index (χ1v) is 8.61. The van der Waals surface area contributed by atoms with Crippen molar-refractivity contribution >= 4 is 11.4 Å². The van der Waals surface area contributed by atoms with Crippen molar-refractivity contribution in [2.45, 2.75) is 31.5 Å². The van der Waals surface area contributed by atoms with Gasteiger partial charge in [0, 0.05) is 24.9 Å². The Morgan fingerprint density at radius 2 is 2.27 bits per heavy atom. The van der Waals surface area contributed by atoms with Gasteiger partial charge in [0.2, 0.25) is 5.91 Å². The van der Waals surface area contributed by atoms with Gasteiger partial charge < -0.3 is 9.88 Å². The van der Waals surface area contributed by atoms with E-state index in [1.807, 2.05) is 0 Å². The first kappa shape index (κ1) is 15.5. The van der Waals surface area contributed by atoms with Crippen molar-refractivity contribution in [1.29, 1.82) is 0 Å². The molecule has 1 N–H and O–H groups in total. The number of hydrogen-bond donors (Lipinski definition) is 1. The number of halogens is 2. The first-order chi connectivity index (χ1) is 12.5. The molecule has 26 heavy (non-hydrogen) atoms. The second-order valence-electron chi connectivity index (χ2n) is 7.24. The fourth-order valence-corrected chi connectivity index (χ4v) is 3.83. The number of fused-ring (bicyclic) bond motifs is 2. The molecule has 0 aromatic carbocycles. The second-order valence-corrected chi connectivity index (χ2v) is 7.24. The fourth-order valence-electron chi connectivity index (χ4n) is 3.83. The van der Waals surface area contributed by atoms with Crippen molar-refractivity contribution in [3.8, 4) is 0 Å². The lowest BCUT2D eigenvalue weighted by atomic mass is 9.99. The summed E-state index contributed by atoms with van der Waals surface area (Å²) in [5, 5.41) is 4.46. The molecule has 3 atom stereocenters. The van der Waals surface area contributed by atoms with Crippen molar-refractivity contribution in [3.63, 3.8) is 0 Å². The number of nitrogens with zero attached hydrogens (tertiary/aromatic N) is 4. The summed E-state index contributed by atoms with van der Waals surface area (Å²) in [5.74, 6) is -1.24. The predicted octanol–water partition coefficient (Wildman–Crippen LogP) is 2.42. The minimum Gasteiger partial charge on any atom is -0.348 e. The standard InChI is InChI=1S/C18H17F2N5O/c1-18(20)8-10(18)17(26)24-6-4-12-15(22-9-21-12)16(24)13-7-14-11(19)3-2-5-25(14)23-13/h2-3,5,7,9-10,16H,4,6,8H2,1H3,(H,21,22)/t10-,16+,18?/m0/s1. The SMILES string of the molecule is CC1(F)C[C@H]1C(=O)N1CCc2[nH]cnc2[C@H]1c1cc2c(F)cccn2n1. The largest absolute Gasteiger partial charge is 0.348 e. The Labute approximate surface area is 147 Å². The van der Waals surface area contributed by atoms with Crippen LogP contribution in [-0.2, 0) is 11.2 Å². The number of carbonyl (C=O) groups is 1. The van der Waals surface area contributed by atoms with Crippen LogP contribution in [-0.4, -0.2) is 42.6 Å². The van der Waals surface area contributed by atoms with Crippen LogP contribution >= 0.6 is 0 Å². The molecule has 0 bridgehead atoms. The van der Waals surface area contributed by atoms with Crippen LogP contribution < -0.4 is 0 Å². The number of nitrogens with one attached hydrogen (secondary N) is 1. The number of carbonyl (C=O) groups excluding carboxylic acids is 1. The van der Waals surface area contributed by atoms with E-state index < -0.39 is 17.6 Å². The molecule has 3 aromatic rings. The van der Waals surface area contributed by atoms with Crippen LogP contribution in [0, 0.1) is 11.7 Å². The number of alkyl halides is 1. The van der Waals surface area contributed by atoms with E-state index in [2.05, 4.69) is 15.1 Å². The van der Waals surface area contributed by atoms with E-state index in [9.17, 15) is 13.6 Å². The van der Waals surface area contributed by atoms with Gasteiger partial charge >= 0.3 is 0 Å². The summed E-state index contributed by atoms with van der Waals surface area (Å²) < 4.78 is 29.7. The third-order valence-corrected chi connectivity index (χ3v) is 5.43. The summed E-state index contributed by atoms with van der Waals surface area (Å²) >= 11 is 0. The second kappa shape index (κ2) is 5.12. The molecule has 1 unspecified atom stereocenters. The topological polar surface area (TPSA) is 66.3 Å². The number of aromatic nitrogens is 4. The first-order valence-electron chi connectivity index (χ1n) is 8.61. The van der Waals surface area contributed by atoms with Crippen molar-refractivity contribution in [2.24, 2.45) is 5.92 Å². The molecule has 3 aromatic heterocycles. The number of aromatic amines is 1. The number of amides is 1. The number of hydrogen-bond acceptors (Lipinski definition) is 3. The highest BCUT2D eigenvalue weighted by Gasteiger charge is 2.58. The van der Waals surface area contributed by atoms with Crippen LogP contribution in [0.3, 0.4) is 0 Å². The highest BCUT2D eigenvalue weighted by molar-refractivity contribution is 5.84. The van der Waals surface area contributed by atoms with E-state index in [0.717, 1.165) is 5.69 Å². The van der Waals surface area contributed by atoms with Crippen molar-refractivity contribution in [1.82, 2.24) is 24.5 Å². The minimum atomic E-state index is -1.45. The Morgan fingerprint density at radius 1 is 1.46 bits per heavy atom. The molecule has 0 spiro atoms. The van der Waals surface area contributed by atoms with E-state index in [0.29, 0.717) is 29.9 Å². The number of rotatable bonds is 2. The minimum absolute atomic E-state index is 0.230. The molecular formula is C18H17F2N5O. The van der Waals surface area contributed by atoms with Crippen LogP contribution in [0.1, 0.15) is 36.5 Å². The molecule has 4 heterocycles. The third kappa shape index (κ3) is 2.17. The zero-order valence-electron chi connectivity index (χ0n) is 14.1. The van der Waals surface area contributed by atoms with E-state index in [1.54, 1.807) is 29.6 Å². The van der Waals surface area contributed by atoms with E-state index in [4.69, 9.17) is 0 Å². The van der Waals surface area contributed by atoms with Crippen molar-refractivity contribution in [3.05, 3.63) is 53.6 Å². The van der Waals surface area contributed by atoms with Gasteiger partial charge in [0.1, 0.15) is 23.0 Å². The zero-order valence-corrected chi connectivity index (χ0v) is 14.1. The average molecular weight is 357 g/mol. The highest BCUT2D eigenvalue weighted by atomic mass is 19.1. The lowest BCUT2D eigenvalue weighted by Gasteiger charge is -2.34. The molecule has 5 rings (SSSR count).